The van der Waals surface area contributed by atoms with E-state index in [4.69, 9.17) is 20.8 Å². The van der Waals surface area contributed by atoms with Gasteiger partial charge in [0.1, 0.15) is 18.2 Å². The number of aliphatic hydroxyl groups is 1. The topological polar surface area (TPSA) is 123 Å². The van der Waals surface area contributed by atoms with Crippen LogP contribution in [0.5, 0.6) is 0 Å². The van der Waals surface area contributed by atoms with Crippen molar-refractivity contribution in [3.8, 4) is 0 Å². The van der Waals surface area contributed by atoms with Crippen LogP contribution in [0.15, 0.2) is 67.1 Å². The van der Waals surface area contributed by atoms with Crippen molar-refractivity contribution >= 4 is 54.5 Å². The molecule has 0 amide bonds. The molecule has 0 aliphatic heterocycles. The molecule has 0 unspecified atom stereocenters. The zero-order valence-electron chi connectivity index (χ0n) is 16.0. The predicted octanol–water partition coefficient (Wildman–Crippen LogP) is 2.98. The standard InChI is InChI=1S/C20H17BrClNO7S/c1-11(24)19(23-31(27,28)15-5-3-14(22)4-6-15)20(26)29-10-12-8-18(25)30-17-9-13(21)2-7-16(12)17/h2-9,11,19,23-24H,10H2,1H3/t11-,19+/m1/s1. The van der Waals surface area contributed by atoms with Crippen molar-refractivity contribution in [3.63, 3.8) is 0 Å². The number of hydrogen-bond donors (Lipinski definition) is 2. The van der Waals surface area contributed by atoms with E-state index < -0.39 is 33.8 Å². The van der Waals surface area contributed by atoms with Crippen LogP contribution < -0.4 is 10.3 Å². The first-order valence-corrected chi connectivity index (χ1v) is 11.6. The number of hydrogen-bond acceptors (Lipinski definition) is 7. The van der Waals surface area contributed by atoms with Gasteiger partial charge in [0, 0.05) is 26.5 Å². The molecule has 2 aromatic carbocycles. The number of sulfonamides is 1. The minimum absolute atomic E-state index is 0.132. The Labute approximate surface area is 191 Å². The van der Waals surface area contributed by atoms with E-state index in [-0.39, 0.29) is 11.5 Å². The molecule has 8 nitrogen and oxygen atoms in total. The summed E-state index contributed by atoms with van der Waals surface area (Å²) in [4.78, 5) is 24.2. The molecule has 3 aromatic rings. The van der Waals surface area contributed by atoms with Gasteiger partial charge in [0.05, 0.1) is 11.0 Å². The summed E-state index contributed by atoms with van der Waals surface area (Å²) in [5.74, 6) is -1.01. The minimum Gasteiger partial charge on any atom is -0.460 e. The molecule has 0 aliphatic rings. The van der Waals surface area contributed by atoms with Gasteiger partial charge in [-0.3, -0.25) is 4.79 Å². The molecule has 31 heavy (non-hydrogen) atoms. The number of nitrogens with one attached hydrogen (secondary N) is 1. The molecule has 0 fully saturated rings. The molecule has 0 saturated heterocycles. The van der Waals surface area contributed by atoms with Crippen molar-refractivity contribution in [2.45, 2.75) is 30.6 Å². The molecule has 164 valence electrons. The highest BCUT2D eigenvalue weighted by Crippen LogP contribution is 2.22. The first-order valence-electron chi connectivity index (χ1n) is 8.92. The molecule has 0 spiro atoms. The third-order valence-electron chi connectivity index (χ3n) is 4.30. The highest BCUT2D eigenvalue weighted by Gasteiger charge is 2.31. The summed E-state index contributed by atoms with van der Waals surface area (Å²) in [6, 6.07) is 9.92. The van der Waals surface area contributed by atoms with E-state index in [0.717, 1.165) is 0 Å². The van der Waals surface area contributed by atoms with E-state index >= 15 is 0 Å². The van der Waals surface area contributed by atoms with Crippen LogP contribution in [0.25, 0.3) is 11.0 Å². The minimum atomic E-state index is -4.14. The Morgan fingerprint density at radius 2 is 1.90 bits per heavy atom. The van der Waals surface area contributed by atoms with Crippen molar-refractivity contribution in [2.75, 3.05) is 0 Å². The second-order valence-electron chi connectivity index (χ2n) is 6.63. The number of aliphatic hydroxyl groups excluding tert-OH is 1. The second-order valence-corrected chi connectivity index (χ2v) is 9.70. The maximum atomic E-state index is 12.6. The lowest BCUT2D eigenvalue weighted by Crippen LogP contribution is -2.48. The highest BCUT2D eigenvalue weighted by molar-refractivity contribution is 9.10. The van der Waals surface area contributed by atoms with Crippen LogP contribution in [0.3, 0.4) is 0 Å². The fourth-order valence-corrected chi connectivity index (χ4v) is 4.48. The van der Waals surface area contributed by atoms with E-state index in [9.17, 15) is 23.1 Å². The van der Waals surface area contributed by atoms with Gasteiger partial charge in [-0.2, -0.15) is 4.72 Å². The summed E-state index contributed by atoms with van der Waals surface area (Å²) in [7, 11) is -4.14. The second kappa shape index (κ2) is 9.49. The molecule has 0 saturated carbocycles. The van der Waals surface area contributed by atoms with Crippen LogP contribution >= 0.6 is 27.5 Å². The third-order valence-corrected chi connectivity index (χ3v) is 6.51. The van der Waals surface area contributed by atoms with Gasteiger partial charge in [-0.05, 0) is 49.4 Å². The van der Waals surface area contributed by atoms with Gasteiger partial charge in [-0.25, -0.2) is 13.2 Å². The van der Waals surface area contributed by atoms with Crippen LogP contribution in [-0.2, 0) is 26.2 Å². The van der Waals surface area contributed by atoms with Crippen LogP contribution in [0.2, 0.25) is 5.02 Å². The molecule has 0 aliphatic carbocycles. The SMILES string of the molecule is C[C@@H](O)[C@H](NS(=O)(=O)c1ccc(Cl)cc1)C(=O)OCc1cc(=O)oc2cc(Br)ccc12. The lowest BCUT2D eigenvalue weighted by molar-refractivity contribution is -0.149. The number of benzene rings is 2. The van der Waals surface area contributed by atoms with Gasteiger partial charge in [0.2, 0.25) is 10.0 Å². The van der Waals surface area contributed by atoms with Crippen LogP contribution in [0.4, 0.5) is 0 Å². The fraction of sp³-hybridized carbons (Fsp3) is 0.200. The van der Waals surface area contributed by atoms with Gasteiger partial charge in [0.25, 0.3) is 0 Å². The van der Waals surface area contributed by atoms with Gasteiger partial charge >= 0.3 is 11.6 Å². The Kier molecular flexibility index (Phi) is 7.17. The van der Waals surface area contributed by atoms with Gasteiger partial charge < -0.3 is 14.3 Å². The maximum absolute atomic E-state index is 12.6. The van der Waals surface area contributed by atoms with Gasteiger partial charge in [-0.15, -0.1) is 0 Å². The van der Waals surface area contributed by atoms with Crippen LogP contribution in [0, 0.1) is 0 Å². The summed E-state index contributed by atoms with van der Waals surface area (Å²) in [5, 5.41) is 10.9. The third kappa shape index (κ3) is 5.72. The molecule has 0 bridgehead atoms. The molecule has 2 atom stereocenters. The molecule has 1 aromatic heterocycles. The van der Waals surface area contributed by atoms with Crippen molar-refractivity contribution in [1.82, 2.24) is 4.72 Å². The largest absolute Gasteiger partial charge is 0.460 e. The number of rotatable bonds is 7. The van der Waals surface area contributed by atoms with Crippen molar-refractivity contribution in [2.24, 2.45) is 0 Å². The quantitative estimate of drug-likeness (QED) is 0.356. The number of carbonyl (C=O) groups excluding carboxylic acids is 1. The first-order chi connectivity index (χ1) is 14.6. The maximum Gasteiger partial charge on any atom is 0.336 e. The number of ether oxygens (including phenoxy) is 1. The molecular weight excluding hydrogens is 514 g/mol. The first kappa shape index (κ1) is 23.4. The lowest BCUT2D eigenvalue weighted by atomic mass is 10.1. The van der Waals surface area contributed by atoms with Crippen molar-refractivity contribution in [1.29, 1.82) is 0 Å². The molecule has 11 heteroatoms. The van der Waals surface area contributed by atoms with Gasteiger partial charge in [-0.1, -0.05) is 27.5 Å². The van der Waals surface area contributed by atoms with E-state index in [2.05, 4.69) is 20.7 Å². The fourth-order valence-electron chi connectivity index (χ4n) is 2.75. The summed E-state index contributed by atoms with van der Waals surface area (Å²) in [6.45, 7) is 0.925. The lowest BCUT2D eigenvalue weighted by Gasteiger charge is -2.20. The number of halogens is 2. The van der Waals surface area contributed by atoms with E-state index in [1.807, 2.05) is 0 Å². The molecule has 3 rings (SSSR count). The molecule has 2 N–H and O–H groups in total. The number of carbonyl (C=O) groups is 1. The summed E-state index contributed by atoms with van der Waals surface area (Å²) < 4.78 is 38.3. The van der Waals surface area contributed by atoms with E-state index in [0.29, 0.717) is 26.0 Å². The number of fused-ring (bicyclic) bond motifs is 1. The van der Waals surface area contributed by atoms with Crippen molar-refractivity contribution in [3.05, 3.63) is 74.0 Å². The van der Waals surface area contributed by atoms with Crippen LogP contribution in [-0.4, -0.2) is 31.6 Å². The average Bonchev–Trinajstić information content (AvgIpc) is 2.69. The average molecular weight is 531 g/mol. The monoisotopic (exact) mass is 529 g/mol. The zero-order valence-corrected chi connectivity index (χ0v) is 19.2. The molecular formula is C20H17BrClNO7S. The van der Waals surface area contributed by atoms with E-state index in [1.54, 1.807) is 18.2 Å². The molecule has 1 heterocycles. The summed E-state index contributed by atoms with van der Waals surface area (Å²) in [5.41, 5.74) is 0.0348. The Morgan fingerprint density at radius 3 is 2.55 bits per heavy atom. The zero-order chi connectivity index (χ0) is 22.8. The highest BCUT2D eigenvalue weighted by atomic mass is 79.9. The Morgan fingerprint density at radius 1 is 1.23 bits per heavy atom. The Hall–Kier alpha value is -2.24. The smallest absolute Gasteiger partial charge is 0.336 e. The van der Waals surface area contributed by atoms with Gasteiger partial charge in [0.15, 0.2) is 0 Å². The normalized spacial score (nSPS) is 13.7. The summed E-state index contributed by atoms with van der Waals surface area (Å²) in [6.07, 6.45) is -1.39. The van der Waals surface area contributed by atoms with E-state index in [1.165, 1.54) is 37.3 Å². The predicted molar refractivity (Wildman–Crippen MR) is 117 cm³/mol. The Bertz CT molecular complexity index is 1270. The number of esters is 1. The van der Waals surface area contributed by atoms with Crippen molar-refractivity contribution < 1.29 is 27.5 Å². The summed E-state index contributed by atoms with van der Waals surface area (Å²) >= 11 is 9.05. The van der Waals surface area contributed by atoms with Crippen LogP contribution in [0.1, 0.15) is 12.5 Å². The Balaban J connectivity index is 1.80. The molecule has 0 radical (unpaired) electrons.